The van der Waals surface area contributed by atoms with Crippen LogP contribution in [0, 0.1) is 0 Å². The molecule has 10 heteroatoms. The minimum Gasteiger partial charge on any atom is -0.497 e. The highest BCUT2D eigenvalue weighted by Crippen LogP contribution is 2.34. The Balaban J connectivity index is 0.975. The second-order valence-corrected chi connectivity index (χ2v) is 11.3. The van der Waals surface area contributed by atoms with Gasteiger partial charge in [-0.15, -0.1) is 0 Å². The van der Waals surface area contributed by atoms with Gasteiger partial charge in [0.15, 0.2) is 11.2 Å². The second kappa shape index (κ2) is 13.8. The van der Waals surface area contributed by atoms with Crippen molar-refractivity contribution in [3.63, 3.8) is 0 Å². The molecule has 0 aliphatic heterocycles. The number of pyridine rings is 1. The molecule has 226 valence electrons. The Hall–Kier alpha value is -4.63. The number of halogens is 1. The predicted octanol–water partition coefficient (Wildman–Crippen LogP) is 7.80. The van der Waals surface area contributed by atoms with E-state index in [9.17, 15) is 0 Å². The van der Waals surface area contributed by atoms with E-state index in [2.05, 4.69) is 20.3 Å². The van der Waals surface area contributed by atoms with Crippen molar-refractivity contribution in [2.45, 2.75) is 51.7 Å². The maximum atomic E-state index is 6.27. The quantitative estimate of drug-likeness (QED) is 0.0949. The molecule has 3 heterocycles. The predicted molar refractivity (Wildman–Crippen MR) is 178 cm³/mol. The average Bonchev–Trinajstić information content (AvgIpc) is 3.45. The lowest BCUT2D eigenvalue weighted by Crippen LogP contribution is -2.04. The van der Waals surface area contributed by atoms with Crippen LogP contribution in [-0.2, 0) is 13.2 Å². The molecular formula is C34H36ClN7O2. The molecule has 0 amide bonds. The van der Waals surface area contributed by atoms with Gasteiger partial charge in [-0.2, -0.15) is 9.97 Å². The number of methoxy groups -OCH3 is 1. The zero-order valence-corrected chi connectivity index (χ0v) is 25.6. The van der Waals surface area contributed by atoms with Crippen molar-refractivity contribution in [1.82, 2.24) is 24.5 Å². The van der Waals surface area contributed by atoms with Crippen molar-refractivity contribution in [3.8, 4) is 11.6 Å². The first-order chi connectivity index (χ1) is 21.6. The summed E-state index contributed by atoms with van der Waals surface area (Å²) in [4.78, 5) is 18.1. The molecule has 0 unspecified atom stereocenters. The van der Waals surface area contributed by atoms with Crippen LogP contribution in [0.2, 0.25) is 5.02 Å². The summed E-state index contributed by atoms with van der Waals surface area (Å²) in [5.41, 5.74) is 11.3. The number of aromatic nitrogens is 5. The maximum Gasteiger partial charge on any atom is 0.247 e. The molecule has 0 aliphatic rings. The molecule has 3 aromatic carbocycles. The number of nitrogen functional groups attached to an aromatic ring is 1. The van der Waals surface area contributed by atoms with Crippen LogP contribution in [0.15, 0.2) is 73.1 Å². The van der Waals surface area contributed by atoms with E-state index in [1.165, 1.54) is 12.8 Å². The Morgan fingerprint density at radius 2 is 1.66 bits per heavy atom. The standard InChI is InChI=1S/C34H36ClN7O2/c1-43-25-14-16-28-27(20-25)30(26-15-13-24(35)19-29(26)39-28)37-17-9-4-2-3-5-10-18-42-22-38-31-32(42)40-34(36)41-33(31)44-21-23-11-7-6-8-12-23/h6-8,11-16,19-20,22H,2-5,9-10,17-18,21H2,1H3,(H,37,39)(H2,36,40,41). The third-order valence-electron chi connectivity index (χ3n) is 7.74. The summed E-state index contributed by atoms with van der Waals surface area (Å²) in [5.74, 6) is 1.41. The van der Waals surface area contributed by atoms with E-state index in [4.69, 9.17) is 31.8 Å². The number of rotatable bonds is 14. The zero-order chi connectivity index (χ0) is 30.3. The third kappa shape index (κ3) is 6.78. The van der Waals surface area contributed by atoms with Gasteiger partial charge in [0.1, 0.15) is 12.4 Å². The van der Waals surface area contributed by atoms with E-state index in [1.54, 1.807) is 13.4 Å². The van der Waals surface area contributed by atoms with Crippen LogP contribution in [-0.4, -0.2) is 38.2 Å². The van der Waals surface area contributed by atoms with Crippen molar-refractivity contribution in [1.29, 1.82) is 0 Å². The van der Waals surface area contributed by atoms with E-state index >= 15 is 0 Å². The summed E-state index contributed by atoms with van der Waals surface area (Å²) in [6, 6.07) is 21.8. The Bertz CT molecular complexity index is 1880. The van der Waals surface area contributed by atoms with Crippen LogP contribution in [0.4, 0.5) is 11.6 Å². The normalized spacial score (nSPS) is 11.4. The molecule has 0 radical (unpaired) electrons. The molecule has 9 nitrogen and oxygen atoms in total. The fourth-order valence-corrected chi connectivity index (χ4v) is 5.63. The number of unbranched alkanes of at least 4 members (excludes halogenated alkanes) is 5. The van der Waals surface area contributed by atoms with Crippen LogP contribution in [0.1, 0.15) is 44.1 Å². The minimum atomic E-state index is 0.187. The topological polar surface area (TPSA) is 113 Å². The van der Waals surface area contributed by atoms with Crippen molar-refractivity contribution in [2.24, 2.45) is 0 Å². The smallest absolute Gasteiger partial charge is 0.247 e. The van der Waals surface area contributed by atoms with Gasteiger partial charge in [0.05, 0.1) is 30.2 Å². The number of ether oxygens (including phenoxy) is 2. The number of benzene rings is 3. The number of imidazole rings is 1. The summed E-state index contributed by atoms with van der Waals surface area (Å²) >= 11 is 6.27. The van der Waals surface area contributed by atoms with Crippen molar-refractivity contribution >= 4 is 56.2 Å². The van der Waals surface area contributed by atoms with Crippen molar-refractivity contribution in [2.75, 3.05) is 24.7 Å². The summed E-state index contributed by atoms with van der Waals surface area (Å²) in [6.45, 7) is 2.10. The number of nitrogens with one attached hydrogen (secondary N) is 1. The van der Waals surface area contributed by atoms with Gasteiger partial charge in [-0.1, -0.05) is 67.6 Å². The summed E-state index contributed by atoms with van der Waals surface area (Å²) in [6.07, 6.45) is 8.56. The van der Waals surface area contributed by atoms with Gasteiger partial charge in [-0.3, -0.25) is 0 Å². The Morgan fingerprint density at radius 1 is 0.841 bits per heavy atom. The molecule has 0 bridgehead atoms. The van der Waals surface area contributed by atoms with Crippen LogP contribution >= 0.6 is 11.6 Å². The van der Waals surface area contributed by atoms with Gasteiger partial charge in [0.25, 0.3) is 0 Å². The number of anilines is 2. The molecular weight excluding hydrogens is 574 g/mol. The fraction of sp³-hybridized carbons (Fsp3) is 0.294. The molecule has 0 aliphatic carbocycles. The minimum absolute atomic E-state index is 0.187. The van der Waals surface area contributed by atoms with Gasteiger partial charge < -0.3 is 25.1 Å². The molecule has 0 spiro atoms. The summed E-state index contributed by atoms with van der Waals surface area (Å²) < 4.78 is 13.5. The highest BCUT2D eigenvalue weighted by molar-refractivity contribution is 6.31. The molecule has 0 atom stereocenters. The Kier molecular flexibility index (Phi) is 9.22. The highest BCUT2D eigenvalue weighted by atomic mass is 35.5. The molecule has 0 saturated carbocycles. The van der Waals surface area contributed by atoms with Crippen LogP contribution in [0.5, 0.6) is 11.6 Å². The SMILES string of the molecule is COc1ccc2nc3cc(Cl)ccc3c(NCCCCCCCCn3cnc4c(OCc5ccccc5)nc(N)nc43)c2c1. The number of nitrogens with two attached hydrogens (primary N) is 1. The Morgan fingerprint density at radius 3 is 2.50 bits per heavy atom. The van der Waals surface area contributed by atoms with E-state index in [0.29, 0.717) is 28.7 Å². The first kappa shape index (κ1) is 29.4. The monoisotopic (exact) mass is 609 g/mol. The second-order valence-electron chi connectivity index (χ2n) is 10.9. The van der Waals surface area contributed by atoms with Crippen molar-refractivity contribution in [3.05, 3.63) is 83.6 Å². The summed E-state index contributed by atoms with van der Waals surface area (Å²) in [7, 11) is 1.68. The van der Waals surface area contributed by atoms with E-state index in [-0.39, 0.29) is 5.95 Å². The summed E-state index contributed by atoms with van der Waals surface area (Å²) in [5, 5.41) is 6.47. The largest absolute Gasteiger partial charge is 0.497 e. The van der Waals surface area contributed by atoms with Gasteiger partial charge in [-0.25, -0.2) is 9.97 Å². The molecule has 0 saturated heterocycles. The number of nitrogens with zero attached hydrogens (tertiary/aromatic N) is 5. The fourth-order valence-electron chi connectivity index (χ4n) is 5.47. The van der Waals surface area contributed by atoms with Crippen LogP contribution in [0.3, 0.4) is 0 Å². The lowest BCUT2D eigenvalue weighted by atomic mass is 10.1. The molecule has 0 fully saturated rings. The molecule has 44 heavy (non-hydrogen) atoms. The third-order valence-corrected chi connectivity index (χ3v) is 7.97. The average molecular weight is 610 g/mol. The number of fused-ring (bicyclic) bond motifs is 3. The number of hydrogen-bond acceptors (Lipinski definition) is 8. The molecule has 3 aromatic heterocycles. The lowest BCUT2D eigenvalue weighted by Gasteiger charge is -2.14. The first-order valence-corrected chi connectivity index (χ1v) is 15.4. The molecule has 6 rings (SSSR count). The van der Waals surface area contributed by atoms with Gasteiger partial charge in [0.2, 0.25) is 11.8 Å². The Labute approximate surface area is 261 Å². The molecule has 6 aromatic rings. The zero-order valence-electron chi connectivity index (χ0n) is 24.8. The van der Waals surface area contributed by atoms with E-state index < -0.39 is 0 Å². The van der Waals surface area contributed by atoms with Crippen LogP contribution < -0.4 is 20.5 Å². The first-order valence-electron chi connectivity index (χ1n) is 15.0. The number of aryl methyl sites for hydroxylation is 1. The van der Waals surface area contributed by atoms with Gasteiger partial charge in [0, 0.05) is 28.9 Å². The van der Waals surface area contributed by atoms with Crippen molar-refractivity contribution < 1.29 is 9.47 Å². The van der Waals surface area contributed by atoms with E-state index in [0.717, 1.165) is 77.6 Å². The molecule has 3 N–H and O–H groups in total. The van der Waals surface area contributed by atoms with Gasteiger partial charge in [-0.05, 0) is 54.8 Å². The highest BCUT2D eigenvalue weighted by Gasteiger charge is 2.14. The van der Waals surface area contributed by atoms with E-state index in [1.807, 2.05) is 71.3 Å². The van der Waals surface area contributed by atoms with Crippen LogP contribution in [0.25, 0.3) is 33.0 Å². The number of hydrogen-bond donors (Lipinski definition) is 2. The van der Waals surface area contributed by atoms with Gasteiger partial charge >= 0.3 is 0 Å². The lowest BCUT2D eigenvalue weighted by molar-refractivity contribution is 0.297. The maximum absolute atomic E-state index is 6.27.